The fraction of sp³-hybridized carbons (Fsp3) is 0.593. The van der Waals surface area contributed by atoms with Gasteiger partial charge < -0.3 is 31.5 Å². The van der Waals surface area contributed by atoms with Crippen LogP contribution in [0.15, 0.2) is 24.3 Å². The maximum atomic E-state index is 13.5. The van der Waals surface area contributed by atoms with E-state index in [1.807, 2.05) is 6.07 Å². The number of carbonyl (C=O) groups is 5. The van der Waals surface area contributed by atoms with Crippen molar-refractivity contribution in [2.45, 2.75) is 95.0 Å². The number of nitrogens with one attached hydrogen (secondary N) is 5. The zero-order valence-corrected chi connectivity index (χ0v) is 22.0. The second-order valence-electron chi connectivity index (χ2n) is 10.4. The lowest BCUT2D eigenvalue weighted by Gasteiger charge is -2.35. The number of fused-ring (bicyclic) bond motifs is 1. The molecular formula is C27H38N6O5. The van der Waals surface area contributed by atoms with Gasteiger partial charge in [0.25, 0.3) is 0 Å². The Bertz CT molecular complexity index is 1080. The van der Waals surface area contributed by atoms with Crippen molar-refractivity contribution in [2.24, 2.45) is 0 Å². The fourth-order valence-electron chi connectivity index (χ4n) is 5.46. The number of carbonyl (C=O) groups excluding carboxylic acids is 5. The number of amides is 5. The van der Waals surface area contributed by atoms with E-state index in [4.69, 9.17) is 0 Å². The van der Waals surface area contributed by atoms with Crippen molar-refractivity contribution in [1.82, 2.24) is 26.2 Å². The first-order chi connectivity index (χ1) is 18.3. The predicted molar refractivity (Wildman–Crippen MR) is 141 cm³/mol. The van der Waals surface area contributed by atoms with Crippen molar-refractivity contribution in [3.63, 3.8) is 0 Å². The highest BCUT2D eigenvalue weighted by molar-refractivity contribution is 5.99. The SMILES string of the molecule is CN[C@@H](C)C(=O)N[C@H]1CCCC[C@H]2CC[C@@H](C(=O)NCc3cccc(NC(=O)[C@H]4CCC(=O)N4)c3)N2C1=O. The number of hydrogen-bond acceptors (Lipinski definition) is 6. The normalized spacial score (nSPS) is 26.0. The van der Waals surface area contributed by atoms with Crippen LogP contribution in [0.25, 0.3) is 0 Å². The molecule has 3 fully saturated rings. The number of anilines is 1. The Labute approximate surface area is 222 Å². The van der Waals surface area contributed by atoms with Crippen LogP contribution < -0.4 is 26.6 Å². The van der Waals surface area contributed by atoms with E-state index in [0.717, 1.165) is 31.2 Å². The third kappa shape index (κ3) is 6.50. The van der Waals surface area contributed by atoms with E-state index in [1.54, 1.807) is 37.1 Å². The van der Waals surface area contributed by atoms with Crippen LogP contribution in [0.4, 0.5) is 5.69 Å². The van der Waals surface area contributed by atoms with Crippen molar-refractivity contribution < 1.29 is 24.0 Å². The topological polar surface area (TPSA) is 149 Å². The largest absolute Gasteiger partial charge is 0.350 e. The molecule has 4 rings (SSSR count). The highest BCUT2D eigenvalue weighted by Crippen LogP contribution is 2.31. The highest BCUT2D eigenvalue weighted by Gasteiger charge is 2.43. The lowest BCUT2D eigenvalue weighted by atomic mass is 9.98. The summed E-state index contributed by atoms with van der Waals surface area (Å²) in [6, 6.07) is 4.99. The second kappa shape index (κ2) is 12.4. The van der Waals surface area contributed by atoms with Crippen molar-refractivity contribution >= 4 is 35.2 Å². The predicted octanol–water partition coefficient (Wildman–Crippen LogP) is 0.546. The summed E-state index contributed by atoms with van der Waals surface area (Å²) in [7, 11) is 1.69. The van der Waals surface area contributed by atoms with Crippen LogP contribution in [0.3, 0.4) is 0 Å². The van der Waals surface area contributed by atoms with Gasteiger partial charge in [0.05, 0.1) is 6.04 Å². The average molecular weight is 527 g/mol. The molecule has 5 N–H and O–H groups in total. The summed E-state index contributed by atoms with van der Waals surface area (Å²) in [5, 5.41) is 14.2. The van der Waals surface area contributed by atoms with Crippen LogP contribution in [-0.2, 0) is 30.5 Å². The Balaban J connectivity index is 1.37. The number of benzene rings is 1. The van der Waals surface area contributed by atoms with Crippen LogP contribution in [0, 0.1) is 0 Å². The monoisotopic (exact) mass is 526 g/mol. The van der Waals surface area contributed by atoms with E-state index in [2.05, 4.69) is 26.6 Å². The molecule has 3 saturated heterocycles. The molecule has 0 saturated carbocycles. The van der Waals surface area contributed by atoms with Crippen LogP contribution in [0.5, 0.6) is 0 Å². The van der Waals surface area contributed by atoms with Gasteiger partial charge in [0.1, 0.15) is 18.1 Å². The molecule has 38 heavy (non-hydrogen) atoms. The summed E-state index contributed by atoms with van der Waals surface area (Å²) in [5.41, 5.74) is 1.38. The van der Waals surface area contributed by atoms with Crippen LogP contribution in [0.1, 0.15) is 63.9 Å². The van der Waals surface area contributed by atoms with E-state index >= 15 is 0 Å². The zero-order valence-electron chi connectivity index (χ0n) is 22.0. The van der Waals surface area contributed by atoms with Crippen molar-refractivity contribution in [3.8, 4) is 0 Å². The molecule has 206 valence electrons. The van der Waals surface area contributed by atoms with E-state index in [-0.39, 0.29) is 42.1 Å². The fourth-order valence-corrected chi connectivity index (χ4v) is 5.46. The minimum Gasteiger partial charge on any atom is -0.350 e. The maximum Gasteiger partial charge on any atom is 0.246 e. The van der Waals surface area contributed by atoms with Gasteiger partial charge >= 0.3 is 0 Å². The average Bonchev–Trinajstić information content (AvgIpc) is 3.53. The molecular weight excluding hydrogens is 488 g/mol. The lowest BCUT2D eigenvalue weighted by molar-refractivity contribution is -0.144. The highest BCUT2D eigenvalue weighted by atomic mass is 16.2. The molecule has 0 aromatic heterocycles. The molecule has 5 atom stereocenters. The van der Waals surface area contributed by atoms with Gasteiger partial charge in [-0.15, -0.1) is 0 Å². The minimum atomic E-state index is -0.639. The summed E-state index contributed by atoms with van der Waals surface area (Å²) < 4.78 is 0. The van der Waals surface area contributed by atoms with E-state index < -0.39 is 24.2 Å². The maximum absolute atomic E-state index is 13.5. The molecule has 0 aliphatic carbocycles. The summed E-state index contributed by atoms with van der Waals surface area (Å²) in [6.45, 7) is 1.98. The Morgan fingerprint density at radius 2 is 1.84 bits per heavy atom. The molecule has 0 spiro atoms. The third-order valence-corrected chi connectivity index (χ3v) is 7.75. The van der Waals surface area contributed by atoms with E-state index in [1.165, 1.54) is 0 Å². The Kier molecular flexibility index (Phi) is 8.98. The van der Waals surface area contributed by atoms with Crippen molar-refractivity contribution in [1.29, 1.82) is 0 Å². The molecule has 1 aromatic carbocycles. The Morgan fingerprint density at radius 1 is 1.05 bits per heavy atom. The molecule has 5 amide bonds. The van der Waals surface area contributed by atoms with Gasteiger partial charge in [-0.3, -0.25) is 24.0 Å². The molecule has 0 radical (unpaired) electrons. The van der Waals surface area contributed by atoms with Crippen LogP contribution in [-0.4, -0.2) is 71.7 Å². The van der Waals surface area contributed by atoms with E-state index in [0.29, 0.717) is 31.4 Å². The molecule has 3 aliphatic heterocycles. The van der Waals surface area contributed by atoms with Gasteiger partial charge in [-0.1, -0.05) is 25.0 Å². The number of rotatable bonds is 8. The first kappa shape index (κ1) is 27.6. The van der Waals surface area contributed by atoms with Gasteiger partial charge in [0.2, 0.25) is 29.5 Å². The molecule has 1 aromatic rings. The van der Waals surface area contributed by atoms with Gasteiger partial charge in [0.15, 0.2) is 0 Å². The molecule has 3 heterocycles. The molecule has 11 nitrogen and oxygen atoms in total. The quantitative estimate of drug-likeness (QED) is 0.334. The standard InChI is InChI=1S/C27H38N6O5/c1-16(28-2)24(35)32-21-9-4-3-8-19-10-12-22(33(19)27(21)38)26(37)29-15-17-6-5-7-18(14-17)30-25(36)20-11-13-23(34)31-20/h5-7,14,16,19-22,28H,3-4,8-13,15H2,1-2H3,(H,29,37)(H,30,36)(H,31,34)(H,32,35)/t16-,19-,20+,21-,22-/m0/s1. The molecule has 0 unspecified atom stereocenters. The van der Waals surface area contributed by atoms with Crippen molar-refractivity contribution in [2.75, 3.05) is 12.4 Å². The van der Waals surface area contributed by atoms with Gasteiger partial charge in [-0.2, -0.15) is 0 Å². The van der Waals surface area contributed by atoms with Gasteiger partial charge in [-0.25, -0.2) is 0 Å². The van der Waals surface area contributed by atoms with Gasteiger partial charge in [0, 0.05) is 24.7 Å². The first-order valence-corrected chi connectivity index (χ1v) is 13.5. The number of nitrogens with zero attached hydrogens (tertiary/aromatic N) is 1. The van der Waals surface area contributed by atoms with E-state index in [9.17, 15) is 24.0 Å². The molecule has 0 bridgehead atoms. The first-order valence-electron chi connectivity index (χ1n) is 13.5. The summed E-state index contributed by atoms with van der Waals surface area (Å²) in [4.78, 5) is 64.8. The smallest absolute Gasteiger partial charge is 0.246 e. The number of hydrogen-bond donors (Lipinski definition) is 5. The lowest BCUT2D eigenvalue weighted by Crippen LogP contribution is -2.57. The Morgan fingerprint density at radius 3 is 2.58 bits per heavy atom. The molecule has 3 aliphatic rings. The Hall–Kier alpha value is -3.47. The van der Waals surface area contributed by atoms with Crippen LogP contribution >= 0.6 is 0 Å². The zero-order chi connectivity index (χ0) is 27.2. The second-order valence-corrected chi connectivity index (χ2v) is 10.4. The van der Waals surface area contributed by atoms with Gasteiger partial charge in [-0.05, 0) is 63.8 Å². The number of likely N-dealkylation sites (N-methyl/N-ethyl adjacent to an activating group) is 1. The van der Waals surface area contributed by atoms with Crippen LogP contribution in [0.2, 0.25) is 0 Å². The minimum absolute atomic E-state index is 0.00528. The molecule has 11 heteroatoms. The van der Waals surface area contributed by atoms with Crippen molar-refractivity contribution in [3.05, 3.63) is 29.8 Å². The summed E-state index contributed by atoms with van der Waals surface area (Å²) >= 11 is 0. The summed E-state index contributed by atoms with van der Waals surface area (Å²) in [5.74, 6) is -1.04. The summed E-state index contributed by atoms with van der Waals surface area (Å²) in [6.07, 6.45) is 5.36. The third-order valence-electron chi connectivity index (χ3n) is 7.75.